The third-order valence-corrected chi connectivity index (χ3v) is 7.53. The van der Waals surface area contributed by atoms with E-state index in [1.807, 2.05) is 0 Å². The van der Waals surface area contributed by atoms with E-state index < -0.39 is 62.4 Å². The maximum Gasteiger partial charge on any atom is 0.459 e. The first-order valence-electron chi connectivity index (χ1n) is 11.7. The maximum atomic E-state index is 15.6. The number of nitrogens with one attached hydrogen (secondary N) is 1. The Morgan fingerprint density at radius 3 is 2.61 bits per heavy atom. The van der Waals surface area contributed by atoms with Gasteiger partial charge in [0, 0.05) is 6.42 Å². The van der Waals surface area contributed by atoms with Crippen molar-refractivity contribution in [2.75, 3.05) is 6.61 Å². The zero-order valence-electron chi connectivity index (χ0n) is 20.8. The minimum Gasteiger partial charge on any atom is -0.462 e. The fourth-order valence-electron chi connectivity index (χ4n) is 4.02. The Bertz CT molecular complexity index is 1040. The number of ketones is 1. The molecule has 2 N–H and O–H groups in total. The SMILES string of the molecule is C=C1C=CC([C@@H]2O[C@H](CO[P@@](=O)(N[C@@H](C)C(=O)OC(C)C)Oc3ccccc3)[C@@H](O)[C@@]2(C)F)C(=O)C1. The Kier molecular flexibility index (Phi) is 8.90. The number of rotatable bonds is 10. The molecule has 36 heavy (non-hydrogen) atoms. The summed E-state index contributed by atoms with van der Waals surface area (Å²) in [4.78, 5) is 24.8. The van der Waals surface area contributed by atoms with Crippen LogP contribution in [-0.4, -0.2) is 59.6 Å². The van der Waals surface area contributed by atoms with E-state index >= 15 is 4.39 Å². The number of Topliss-reactive ketones (excluding diaryl/α,β-unsaturated/α-hetero) is 1. The third-order valence-electron chi connectivity index (χ3n) is 5.88. The number of alkyl halides is 1. The van der Waals surface area contributed by atoms with Crippen molar-refractivity contribution in [2.24, 2.45) is 5.92 Å². The number of aliphatic hydroxyl groups excluding tert-OH is 1. The van der Waals surface area contributed by atoms with Crippen LogP contribution in [-0.2, 0) is 28.2 Å². The van der Waals surface area contributed by atoms with E-state index in [-0.39, 0.29) is 18.0 Å². The topological polar surface area (TPSA) is 120 Å². The maximum absolute atomic E-state index is 15.6. The van der Waals surface area contributed by atoms with E-state index in [4.69, 9.17) is 18.5 Å². The molecule has 0 saturated carbocycles. The van der Waals surface area contributed by atoms with Gasteiger partial charge in [0.05, 0.1) is 18.6 Å². The fraction of sp³-hybridized carbons (Fsp3) is 0.520. The second-order valence-corrected chi connectivity index (χ2v) is 11.1. The molecule has 11 heteroatoms. The molecule has 2 aliphatic rings. The summed E-state index contributed by atoms with van der Waals surface area (Å²) in [6.07, 6.45) is -1.41. The number of benzene rings is 1. The van der Waals surface area contributed by atoms with Crippen LogP contribution < -0.4 is 9.61 Å². The first-order valence-corrected chi connectivity index (χ1v) is 13.3. The zero-order valence-corrected chi connectivity index (χ0v) is 21.7. The monoisotopic (exact) mass is 525 g/mol. The molecule has 7 atom stereocenters. The lowest BCUT2D eigenvalue weighted by atomic mass is 9.80. The molecule has 1 saturated heterocycles. The number of hydrogen-bond acceptors (Lipinski definition) is 8. The summed E-state index contributed by atoms with van der Waals surface area (Å²) in [5.41, 5.74) is -1.69. The normalized spacial score (nSPS) is 30.8. The second-order valence-electron chi connectivity index (χ2n) is 9.41. The average Bonchev–Trinajstić information content (AvgIpc) is 3.01. The highest BCUT2D eigenvalue weighted by Gasteiger charge is 2.57. The molecule has 1 aliphatic carbocycles. The molecular weight excluding hydrogens is 492 g/mol. The molecule has 198 valence electrons. The molecule has 0 spiro atoms. The number of hydrogen-bond donors (Lipinski definition) is 2. The van der Waals surface area contributed by atoms with Crippen LogP contribution in [0.5, 0.6) is 5.75 Å². The third kappa shape index (κ3) is 6.69. The Morgan fingerprint density at radius 2 is 2.00 bits per heavy atom. The highest BCUT2D eigenvalue weighted by Crippen LogP contribution is 2.47. The van der Waals surface area contributed by atoms with Gasteiger partial charge in [-0.2, -0.15) is 5.09 Å². The summed E-state index contributed by atoms with van der Waals surface area (Å²) >= 11 is 0. The molecule has 9 nitrogen and oxygen atoms in total. The quantitative estimate of drug-likeness (QED) is 0.348. The van der Waals surface area contributed by atoms with Gasteiger partial charge in [-0.25, -0.2) is 8.96 Å². The fourth-order valence-corrected chi connectivity index (χ4v) is 5.52. The van der Waals surface area contributed by atoms with Crippen molar-refractivity contribution in [3.8, 4) is 5.75 Å². The number of esters is 1. The minimum absolute atomic E-state index is 0.0583. The number of halogens is 1. The van der Waals surface area contributed by atoms with E-state index in [9.17, 15) is 19.3 Å². The number of allylic oxidation sites excluding steroid dienone is 2. The lowest BCUT2D eigenvalue weighted by Gasteiger charge is -2.29. The Labute approximate surface area is 210 Å². The van der Waals surface area contributed by atoms with Gasteiger partial charge in [-0.1, -0.05) is 36.9 Å². The molecule has 0 radical (unpaired) electrons. The van der Waals surface area contributed by atoms with Crippen molar-refractivity contribution in [1.82, 2.24) is 5.09 Å². The van der Waals surface area contributed by atoms with Crippen molar-refractivity contribution in [3.63, 3.8) is 0 Å². The van der Waals surface area contributed by atoms with Gasteiger partial charge in [-0.15, -0.1) is 0 Å². The van der Waals surface area contributed by atoms with Gasteiger partial charge in [0.1, 0.15) is 35.9 Å². The summed E-state index contributed by atoms with van der Waals surface area (Å²) in [6.45, 7) is 9.12. The smallest absolute Gasteiger partial charge is 0.459 e. The lowest BCUT2D eigenvalue weighted by molar-refractivity contribution is -0.149. The first kappa shape index (κ1) is 28.2. The summed E-state index contributed by atoms with van der Waals surface area (Å²) in [7, 11) is -4.24. The van der Waals surface area contributed by atoms with Gasteiger partial charge in [0.15, 0.2) is 5.67 Å². The number of aliphatic hydroxyl groups is 1. The van der Waals surface area contributed by atoms with E-state index in [1.165, 1.54) is 13.0 Å². The molecule has 1 fully saturated rings. The van der Waals surface area contributed by atoms with Gasteiger partial charge >= 0.3 is 13.7 Å². The predicted molar refractivity (Wildman–Crippen MR) is 130 cm³/mol. The standard InChI is InChI=1S/C25H33FNO8P/c1-15(2)33-24(30)17(4)27-36(31,35-18-9-7-6-8-10-18)32-14-21-22(29)25(5,26)23(34-21)19-12-11-16(3)13-20(19)28/h6-12,15,17,19,21-23,29H,3,13-14H2,1-2,4-5H3,(H,27,31)/t17-,19?,21+,22+,23-,25+,36-/m0/s1. The first-order chi connectivity index (χ1) is 16.8. The molecule has 1 heterocycles. The highest BCUT2D eigenvalue weighted by atomic mass is 31.2. The van der Waals surface area contributed by atoms with Gasteiger partial charge in [-0.05, 0) is 45.4 Å². The van der Waals surface area contributed by atoms with Crippen molar-refractivity contribution in [2.45, 2.75) is 70.2 Å². The van der Waals surface area contributed by atoms with Crippen molar-refractivity contribution >= 4 is 19.5 Å². The molecule has 1 aromatic carbocycles. The Morgan fingerprint density at radius 1 is 1.33 bits per heavy atom. The van der Waals surface area contributed by atoms with Gasteiger partial charge < -0.3 is 19.1 Å². The lowest BCUT2D eigenvalue weighted by Crippen LogP contribution is -2.46. The van der Waals surface area contributed by atoms with E-state index in [0.29, 0.717) is 5.57 Å². The van der Waals surface area contributed by atoms with Crippen LogP contribution in [0.15, 0.2) is 54.6 Å². The number of carbonyl (C=O) groups excluding carboxylic acids is 2. The van der Waals surface area contributed by atoms with Crippen LogP contribution in [0.3, 0.4) is 0 Å². The molecule has 1 aromatic rings. The largest absolute Gasteiger partial charge is 0.462 e. The van der Waals surface area contributed by atoms with Crippen LogP contribution >= 0.6 is 7.75 Å². The molecule has 3 rings (SSSR count). The van der Waals surface area contributed by atoms with Crippen LogP contribution in [0.4, 0.5) is 4.39 Å². The van der Waals surface area contributed by atoms with Crippen molar-refractivity contribution < 1.29 is 42.2 Å². The van der Waals surface area contributed by atoms with Crippen LogP contribution in [0.1, 0.15) is 34.1 Å². The molecule has 0 aromatic heterocycles. The predicted octanol–water partition coefficient (Wildman–Crippen LogP) is 3.68. The molecule has 0 bridgehead atoms. The summed E-state index contributed by atoms with van der Waals surface area (Å²) in [5.74, 6) is -1.68. The van der Waals surface area contributed by atoms with Gasteiger partial charge in [0.2, 0.25) is 0 Å². The number of carbonyl (C=O) groups is 2. The average molecular weight is 526 g/mol. The summed E-state index contributed by atoms with van der Waals surface area (Å²) < 4.78 is 51.1. The molecule has 1 unspecified atom stereocenters. The van der Waals surface area contributed by atoms with E-state index in [2.05, 4.69) is 11.7 Å². The van der Waals surface area contributed by atoms with Gasteiger partial charge in [0.25, 0.3) is 0 Å². The number of para-hydroxylation sites is 1. The van der Waals surface area contributed by atoms with E-state index in [1.54, 1.807) is 50.3 Å². The minimum atomic E-state index is -4.24. The molecule has 0 amide bonds. The van der Waals surface area contributed by atoms with Gasteiger partial charge in [-0.3, -0.25) is 14.1 Å². The zero-order chi connectivity index (χ0) is 26.7. The Balaban J connectivity index is 1.76. The Hall–Kier alpha value is -2.36. The van der Waals surface area contributed by atoms with Crippen LogP contribution in [0.2, 0.25) is 0 Å². The van der Waals surface area contributed by atoms with Crippen LogP contribution in [0, 0.1) is 5.92 Å². The van der Waals surface area contributed by atoms with E-state index in [0.717, 1.165) is 6.92 Å². The molecule has 1 aliphatic heterocycles. The highest BCUT2D eigenvalue weighted by molar-refractivity contribution is 7.52. The summed E-state index contributed by atoms with van der Waals surface area (Å²) in [6, 6.07) is 7.05. The molecular formula is C25H33FNO8P. The van der Waals surface area contributed by atoms with Crippen molar-refractivity contribution in [3.05, 3.63) is 54.6 Å². The van der Waals surface area contributed by atoms with Crippen LogP contribution in [0.25, 0.3) is 0 Å². The summed E-state index contributed by atoms with van der Waals surface area (Å²) in [5, 5.41) is 13.2. The number of ether oxygens (including phenoxy) is 2. The second kappa shape index (κ2) is 11.4. The van der Waals surface area contributed by atoms with Crippen molar-refractivity contribution in [1.29, 1.82) is 0 Å².